The first-order chi connectivity index (χ1) is 21.1. The zero-order valence-corrected chi connectivity index (χ0v) is 26.4. The van der Waals surface area contributed by atoms with Gasteiger partial charge in [0.2, 0.25) is 5.67 Å². The molecular formula is C34H43F4N3O4. The molecule has 246 valence electrons. The Hall–Kier alpha value is -3.34. The van der Waals surface area contributed by atoms with Gasteiger partial charge >= 0.3 is 12.1 Å². The average Bonchev–Trinajstić information content (AvgIpc) is 3.39. The molecule has 1 aliphatic carbocycles. The summed E-state index contributed by atoms with van der Waals surface area (Å²) in [6.07, 6.45) is -2.69. The Morgan fingerprint density at radius 2 is 1.56 bits per heavy atom. The highest BCUT2D eigenvalue weighted by atomic mass is 19.4. The second kappa shape index (κ2) is 12.5. The predicted octanol–water partition coefficient (Wildman–Crippen LogP) is 6.33. The van der Waals surface area contributed by atoms with Gasteiger partial charge in [0.05, 0.1) is 18.6 Å². The highest BCUT2D eigenvalue weighted by Gasteiger charge is 2.57. The van der Waals surface area contributed by atoms with E-state index in [4.69, 9.17) is 4.74 Å². The smallest absolute Gasteiger partial charge is 0.416 e. The first-order valence-corrected chi connectivity index (χ1v) is 15.7. The molecule has 2 saturated heterocycles. The molecule has 0 bridgehead atoms. The van der Waals surface area contributed by atoms with Gasteiger partial charge in [0.25, 0.3) is 5.91 Å². The number of halogens is 4. The number of alkyl halides is 4. The van der Waals surface area contributed by atoms with Crippen molar-refractivity contribution in [3.63, 3.8) is 0 Å². The van der Waals surface area contributed by atoms with Crippen LogP contribution < -0.4 is 9.64 Å². The van der Waals surface area contributed by atoms with Crippen LogP contribution in [-0.4, -0.2) is 84.4 Å². The minimum atomic E-state index is -4.51. The lowest BCUT2D eigenvalue weighted by Crippen LogP contribution is -2.57. The van der Waals surface area contributed by atoms with Crippen molar-refractivity contribution in [3.8, 4) is 5.75 Å². The number of carboxylic acids is 1. The Bertz CT molecular complexity index is 1380. The van der Waals surface area contributed by atoms with Crippen molar-refractivity contribution in [1.82, 2.24) is 9.80 Å². The number of likely N-dealkylation sites (tertiary alicyclic amines) is 1. The summed E-state index contributed by atoms with van der Waals surface area (Å²) in [5, 5.41) is 9.40. The fourth-order valence-electron chi connectivity index (χ4n) is 7.16. The molecule has 5 rings (SSSR count). The minimum Gasteiger partial charge on any atom is -0.497 e. The summed E-state index contributed by atoms with van der Waals surface area (Å²) >= 11 is 0. The Labute approximate surface area is 262 Å². The third kappa shape index (κ3) is 6.78. The number of hydrogen-bond acceptors (Lipinski definition) is 5. The van der Waals surface area contributed by atoms with E-state index in [9.17, 15) is 27.9 Å². The van der Waals surface area contributed by atoms with Gasteiger partial charge in [-0.25, -0.2) is 4.39 Å². The molecule has 2 heterocycles. The van der Waals surface area contributed by atoms with E-state index in [-0.39, 0.29) is 31.1 Å². The Balaban J connectivity index is 1.35. The van der Waals surface area contributed by atoms with Crippen LogP contribution in [-0.2, 0) is 15.8 Å². The quantitative estimate of drug-likeness (QED) is 0.375. The summed E-state index contributed by atoms with van der Waals surface area (Å²) in [6, 6.07) is 10.9. The molecule has 2 atom stereocenters. The molecule has 7 nitrogen and oxygen atoms in total. The lowest BCUT2D eigenvalue weighted by atomic mass is 9.77. The van der Waals surface area contributed by atoms with Gasteiger partial charge in [-0.05, 0) is 93.8 Å². The molecule has 1 saturated carbocycles. The van der Waals surface area contributed by atoms with Crippen LogP contribution in [0.4, 0.5) is 23.2 Å². The van der Waals surface area contributed by atoms with Crippen molar-refractivity contribution in [3.05, 3.63) is 59.2 Å². The molecule has 1 amide bonds. The Morgan fingerprint density at radius 3 is 2.09 bits per heavy atom. The monoisotopic (exact) mass is 633 g/mol. The van der Waals surface area contributed by atoms with Crippen LogP contribution in [0.3, 0.4) is 0 Å². The van der Waals surface area contributed by atoms with Crippen molar-refractivity contribution in [1.29, 1.82) is 0 Å². The second-order valence-corrected chi connectivity index (χ2v) is 13.7. The number of anilines is 1. The second-order valence-electron chi connectivity index (χ2n) is 13.7. The van der Waals surface area contributed by atoms with E-state index in [0.29, 0.717) is 62.3 Å². The lowest BCUT2D eigenvalue weighted by molar-refractivity contribution is -0.145. The number of carbonyl (C=O) groups is 2. The Morgan fingerprint density at radius 1 is 0.933 bits per heavy atom. The standard InChI is InChI=1S/C34H43F4N3O4/c1-32(2,3)41-20-28(23-9-12-26(45-4)13-10-23)33(35,21-41)31(44)40-17-15-39(16-18-40)29-14-11-25(34(36,37)38)19-27(29)22-5-7-24(8-6-22)30(42)43/h9-14,19,22,24,28H,5-8,15-18,20-21H2,1-4H3,(H,42,43)/t22-,24-,28-,33-/m0/s1. The van der Waals surface area contributed by atoms with E-state index in [1.807, 2.05) is 42.7 Å². The number of piperazine rings is 1. The third-order valence-electron chi connectivity index (χ3n) is 9.98. The minimum absolute atomic E-state index is 0.0334. The summed E-state index contributed by atoms with van der Waals surface area (Å²) in [5.41, 5.74) is -1.27. The molecule has 0 aromatic heterocycles. The van der Waals surface area contributed by atoms with Gasteiger partial charge in [-0.1, -0.05) is 12.1 Å². The van der Waals surface area contributed by atoms with Crippen LogP contribution in [0.1, 0.15) is 75.0 Å². The molecule has 11 heteroatoms. The maximum absolute atomic E-state index is 17.1. The number of ether oxygens (including phenoxy) is 1. The molecule has 0 unspecified atom stereocenters. The number of carboxylic acid groups (broad SMARTS) is 1. The van der Waals surface area contributed by atoms with Gasteiger partial charge in [0.1, 0.15) is 5.75 Å². The third-order valence-corrected chi connectivity index (χ3v) is 9.98. The fourth-order valence-corrected chi connectivity index (χ4v) is 7.16. The van der Waals surface area contributed by atoms with Gasteiger partial charge in [-0.3, -0.25) is 14.5 Å². The number of hydrogen-bond donors (Lipinski definition) is 1. The van der Waals surface area contributed by atoms with Crippen molar-refractivity contribution in [2.75, 3.05) is 51.3 Å². The first kappa shape index (κ1) is 33.0. The molecule has 3 fully saturated rings. The maximum atomic E-state index is 17.1. The van der Waals surface area contributed by atoms with E-state index < -0.39 is 41.1 Å². The highest BCUT2D eigenvalue weighted by molar-refractivity contribution is 5.88. The van der Waals surface area contributed by atoms with E-state index in [2.05, 4.69) is 0 Å². The van der Waals surface area contributed by atoms with Gasteiger partial charge in [0.15, 0.2) is 0 Å². The molecule has 2 aliphatic heterocycles. The van der Waals surface area contributed by atoms with Crippen LogP contribution in [0.5, 0.6) is 5.75 Å². The lowest BCUT2D eigenvalue weighted by Gasteiger charge is -2.41. The van der Waals surface area contributed by atoms with Crippen molar-refractivity contribution < 1.29 is 37.0 Å². The number of methoxy groups -OCH3 is 1. The number of carbonyl (C=O) groups excluding carboxylic acids is 1. The molecular weight excluding hydrogens is 590 g/mol. The van der Waals surface area contributed by atoms with Gasteiger partial charge in [-0.2, -0.15) is 13.2 Å². The zero-order valence-electron chi connectivity index (χ0n) is 26.4. The van der Waals surface area contributed by atoms with Crippen LogP contribution in [0, 0.1) is 5.92 Å². The molecule has 2 aromatic rings. The number of amides is 1. The number of aliphatic carboxylic acids is 1. The van der Waals surface area contributed by atoms with Crippen LogP contribution >= 0.6 is 0 Å². The topological polar surface area (TPSA) is 73.3 Å². The van der Waals surface area contributed by atoms with E-state index in [0.717, 1.165) is 11.6 Å². The first-order valence-electron chi connectivity index (χ1n) is 15.7. The molecule has 1 N–H and O–H groups in total. The van der Waals surface area contributed by atoms with Gasteiger partial charge < -0.3 is 19.6 Å². The fraction of sp³-hybridized carbons (Fsp3) is 0.588. The highest BCUT2D eigenvalue weighted by Crippen LogP contribution is 2.45. The summed E-state index contributed by atoms with van der Waals surface area (Å²) in [4.78, 5) is 31.0. The SMILES string of the molecule is COc1ccc([C@@H]2CN(C(C)(C)C)C[C@@]2(F)C(=O)N2CCN(c3ccc(C(F)(F)F)cc3[C@H]3CC[C@H](C(=O)O)CC3)CC2)cc1. The molecule has 45 heavy (non-hydrogen) atoms. The van der Waals surface area contributed by atoms with Crippen LogP contribution in [0.15, 0.2) is 42.5 Å². The van der Waals surface area contributed by atoms with E-state index >= 15 is 4.39 Å². The summed E-state index contributed by atoms with van der Waals surface area (Å²) < 4.78 is 63.6. The van der Waals surface area contributed by atoms with Crippen LogP contribution in [0.2, 0.25) is 0 Å². The predicted molar refractivity (Wildman–Crippen MR) is 163 cm³/mol. The summed E-state index contributed by atoms with van der Waals surface area (Å²) in [7, 11) is 1.56. The van der Waals surface area contributed by atoms with Crippen molar-refractivity contribution in [2.24, 2.45) is 5.92 Å². The van der Waals surface area contributed by atoms with Crippen molar-refractivity contribution >= 4 is 17.6 Å². The zero-order chi connectivity index (χ0) is 32.7. The largest absolute Gasteiger partial charge is 0.497 e. The van der Waals surface area contributed by atoms with E-state index in [1.54, 1.807) is 24.1 Å². The van der Waals surface area contributed by atoms with Crippen molar-refractivity contribution in [2.45, 2.75) is 75.7 Å². The summed E-state index contributed by atoms with van der Waals surface area (Å²) in [5.74, 6) is -2.13. The normalized spacial score (nSPS) is 26.6. The molecule has 0 radical (unpaired) electrons. The number of nitrogens with zero attached hydrogens (tertiary/aromatic N) is 3. The van der Waals surface area contributed by atoms with Crippen LogP contribution in [0.25, 0.3) is 0 Å². The van der Waals surface area contributed by atoms with Gasteiger partial charge in [-0.15, -0.1) is 0 Å². The molecule has 2 aromatic carbocycles. The van der Waals surface area contributed by atoms with E-state index in [1.165, 1.54) is 12.1 Å². The average molecular weight is 634 g/mol. The molecule has 0 spiro atoms. The Kier molecular flexibility index (Phi) is 9.14. The molecule has 3 aliphatic rings. The summed E-state index contributed by atoms with van der Waals surface area (Å²) in [6.45, 7) is 7.53. The number of rotatable bonds is 6. The number of benzene rings is 2. The van der Waals surface area contributed by atoms with Gasteiger partial charge in [0, 0.05) is 56.4 Å². The maximum Gasteiger partial charge on any atom is 0.416 e.